The summed E-state index contributed by atoms with van der Waals surface area (Å²) >= 11 is 0. The van der Waals surface area contributed by atoms with Crippen LogP contribution in [0.1, 0.15) is 31.2 Å². The number of phenols is 1. The third-order valence-corrected chi connectivity index (χ3v) is 3.24. The summed E-state index contributed by atoms with van der Waals surface area (Å²) in [6.07, 6.45) is 3.64. The number of hydrogen-bond donors (Lipinski definition) is 3. The molecule has 0 heterocycles. The molecule has 0 radical (unpaired) electrons. The summed E-state index contributed by atoms with van der Waals surface area (Å²) in [5.74, 6) is -0.503. The minimum Gasteiger partial charge on any atom is -0.508 e. The van der Waals surface area contributed by atoms with Gasteiger partial charge in [0.2, 0.25) is 0 Å². The first-order valence-electron chi connectivity index (χ1n) is 6.05. The van der Waals surface area contributed by atoms with Crippen LogP contribution in [-0.4, -0.2) is 22.4 Å². The van der Waals surface area contributed by atoms with Crippen molar-refractivity contribution in [1.29, 1.82) is 0 Å². The molecule has 1 fully saturated rings. The molecular weight excluding hydrogens is 221 g/mol. The summed E-state index contributed by atoms with van der Waals surface area (Å²) in [5, 5.41) is 22.3. The van der Waals surface area contributed by atoms with E-state index in [0.717, 1.165) is 31.7 Å². The topological polar surface area (TPSA) is 52.5 Å². The summed E-state index contributed by atoms with van der Waals surface area (Å²) < 4.78 is 13.0. The predicted octanol–water partition coefficient (Wildman–Crippen LogP) is 1.92. The molecule has 2 atom stereocenters. The molecule has 0 amide bonds. The lowest BCUT2D eigenvalue weighted by Gasteiger charge is -2.28. The van der Waals surface area contributed by atoms with Gasteiger partial charge in [0.15, 0.2) is 0 Å². The number of hydrogen-bond acceptors (Lipinski definition) is 3. The van der Waals surface area contributed by atoms with E-state index in [9.17, 15) is 14.6 Å². The molecule has 3 nitrogen and oxygen atoms in total. The van der Waals surface area contributed by atoms with E-state index in [-0.39, 0.29) is 17.9 Å². The van der Waals surface area contributed by atoms with Gasteiger partial charge in [-0.1, -0.05) is 12.8 Å². The van der Waals surface area contributed by atoms with Gasteiger partial charge in [0.25, 0.3) is 0 Å². The Morgan fingerprint density at radius 1 is 1.24 bits per heavy atom. The van der Waals surface area contributed by atoms with Crippen molar-refractivity contribution in [1.82, 2.24) is 5.32 Å². The first-order valence-corrected chi connectivity index (χ1v) is 6.05. The first kappa shape index (κ1) is 12.3. The van der Waals surface area contributed by atoms with Crippen LogP contribution in [0.5, 0.6) is 5.75 Å². The van der Waals surface area contributed by atoms with Gasteiger partial charge < -0.3 is 15.5 Å². The van der Waals surface area contributed by atoms with Crippen LogP contribution in [0.4, 0.5) is 4.39 Å². The summed E-state index contributed by atoms with van der Waals surface area (Å²) in [5.41, 5.74) is 0.695. The van der Waals surface area contributed by atoms with Gasteiger partial charge in [-0.3, -0.25) is 0 Å². The quantitative estimate of drug-likeness (QED) is 0.755. The lowest BCUT2D eigenvalue weighted by atomic mass is 9.92. The van der Waals surface area contributed by atoms with Crippen LogP contribution in [0, 0.1) is 5.82 Å². The van der Waals surface area contributed by atoms with E-state index in [1.54, 1.807) is 0 Å². The van der Waals surface area contributed by atoms with Gasteiger partial charge >= 0.3 is 0 Å². The minimum absolute atomic E-state index is 0.0639. The number of aliphatic hydroxyl groups is 1. The second kappa shape index (κ2) is 5.47. The third kappa shape index (κ3) is 3.41. The van der Waals surface area contributed by atoms with E-state index < -0.39 is 5.82 Å². The van der Waals surface area contributed by atoms with Gasteiger partial charge in [-0.2, -0.15) is 0 Å². The van der Waals surface area contributed by atoms with E-state index in [4.69, 9.17) is 0 Å². The number of rotatable bonds is 3. The highest BCUT2D eigenvalue weighted by Crippen LogP contribution is 2.19. The molecule has 0 bridgehead atoms. The maximum absolute atomic E-state index is 13.0. The number of aromatic hydroxyl groups is 1. The van der Waals surface area contributed by atoms with Crippen LogP contribution in [0.15, 0.2) is 18.2 Å². The van der Waals surface area contributed by atoms with Gasteiger partial charge in [-0.05, 0) is 30.5 Å². The molecule has 0 saturated heterocycles. The maximum Gasteiger partial charge on any atom is 0.127 e. The number of benzene rings is 1. The summed E-state index contributed by atoms with van der Waals surface area (Å²) in [4.78, 5) is 0. The first-order chi connectivity index (χ1) is 8.15. The van der Waals surface area contributed by atoms with Crippen molar-refractivity contribution in [2.24, 2.45) is 0 Å². The van der Waals surface area contributed by atoms with Crippen LogP contribution in [0.3, 0.4) is 0 Å². The van der Waals surface area contributed by atoms with Crippen molar-refractivity contribution >= 4 is 0 Å². The van der Waals surface area contributed by atoms with E-state index in [0.29, 0.717) is 12.1 Å². The number of halogens is 1. The largest absolute Gasteiger partial charge is 0.508 e. The van der Waals surface area contributed by atoms with Gasteiger partial charge in [0.05, 0.1) is 6.10 Å². The van der Waals surface area contributed by atoms with Gasteiger partial charge in [-0.15, -0.1) is 0 Å². The molecular formula is C13H18FNO2. The lowest BCUT2D eigenvalue weighted by molar-refractivity contribution is 0.0902. The van der Waals surface area contributed by atoms with Crippen LogP contribution < -0.4 is 5.32 Å². The van der Waals surface area contributed by atoms with Crippen molar-refractivity contribution in [2.75, 3.05) is 0 Å². The minimum atomic E-state index is -0.439. The summed E-state index contributed by atoms with van der Waals surface area (Å²) in [6.45, 7) is 0.465. The second-order valence-corrected chi connectivity index (χ2v) is 4.66. The second-order valence-electron chi connectivity index (χ2n) is 4.66. The average molecular weight is 239 g/mol. The Morgan fingerprint density at radius 2 is 2.00 bits per heavy atom. The maximum atomic E-state index is 13.0. The van der Waals surface area contributed by atoms with Crippen LogP contribution in [0.25, 0.3) is 0 Å². The monoisotopic (exact) mass is 239 g/mol. The Morgan fingerprint density at radius 3 is 2.71 bits per heavy atom. The van der Waals surface area contributed by atoms with Crippen molar-refractivity contribution in [3.8, 4) is 5.75 Å². The fourth-order valence-corrected chi connectivity index (χ4v) is 2.33. The Bertz CT molecular complexity index is 363. The molecule has 1 aromatic carbocycles. The van der Waals surface area contributed by atoms with E-state index in [1.165, 1.54) is 12.1 Å². The zero-order valence-corrected chi connectivity index (χ0v) is 9.69. The normalized spacial score (nSPS) is 24.8. The highest BCUT2D eigenvalue weighted by molar-refractivity contribution is 5.28. The van der Waals surface area contributed by atoms with Crippen molar-refractivity contribution in [3.05, 3.63) is 29.6 Å². The molecule has 17 heavy (non-hydrogen) atoms. The van der Waals surface area contributed by atoms with Gasteiger partial charge in [0, 0.05) is 18.7 Å². The average Bonchev–Trinajstić information content (AvgIpc) is 2.27. The van der Waals surface area contributed by atoms with Crippen molar-refractivity contribution in [3.63, 3.8) is 0 Å². The molecule has 2 rings (SSSR count). The van der Waals surface area contributed by atoms with Crippen molar-refractivity contribution in [2.45, 2.75) is 44.4 Å². The summed E-state index contributed by atoms with van der Waals surface area (Å²) in [7, 11) is 0. The van der Waals surface area contributed by atoms with Gasteiger partial charge in [0.1, 0.15) is 11.6 Å². The fourth-order valence-electron chi connectivity index (χ4n) is 2.33. The molecule has 4 heteroatoms. The number of nitrogens with one attached hydrogen (secondary N) is 1. The molecule has 3 N–H and O–H groups in total. The highest BCUT2D eigenvalue weighted by atomic mass is 19.1. The molecule has 2 unspecified atom stereocenters. The Balaban J connectivity index is 1.92. The number of phenolic OH excluding ortho intramolecular Hbond substituents is 1. The van der Waals surface area contributed by atoms with E-state index >= 15 is 0 Å². The highest BCUT2D eigenvalue weighted by Gasteiger charge is 2.22. The molecule has 0 aromatic heterocycles. The Labute approximate surface area is 100 Å². The van der Waals surface area contributed by atoms with E-state index in [2.05, 4.69) is 5.32 Å². The predicted molar refractivity (Wildman–Crippen MR) is 63.2 cm³/mol. The molecule has 94 valence electrons. The molecule has 1 aliphatic carbocycles. The standard InChI is InChI=1S/C13H18FNO2/c14-10-5-9(6-11(16)7-10)8-15-12-3-1-2-4-13(12)17/h5-7,12-13,15-17H,1-4,8H2. The molecule has 0 spiro atoms. The van der Waals surface area contributed by atoms with Crippen LogP contribution in [-0.2, 0) is 6.54 Å². The third-order valence-electron chi connectivity index (χ3n) is 3.24. The molecule has 1 saturated carbocycles. The molecule has 1 aliphatic rings. The van der Waals surface area contributed by atoms with Gasteiger partial charge in [-0.25, -0.2) is 4.39 Å². The van der Waals surface area contributed by atoms with Crippen LogP contribution in [0.2, 0.25) is 0 Å². The zero-order valence-electron chi connectivity index (χ0n) is 9.69. The van der Waals surface area contributed by atoms with Crippen LogP contribution >= 0.6 is 0 Å². The zero-order chi connectivity index (χ0) is 12.3. The number of aliphatic hydroxyl groups excluding tert-OH is 1. The molecule has 0 aliphatic heterocycles. The smallest absolute Gasteiger partial charge is 0.127 e. The fraction of sp³-hybridized carbons (Fsp3) is 0.538. The van der Waals surface area contributed by atoms with E-state index in [1.807, 2.05) is 0 Å². The lowest BCUT2D eigenvalue weighted by Crippen LogP contribution is -2.41. The Hall–Kier alpha value is -1.13. The molecule has 1 aromatic rings. The Kier molecular flexibility index (Phi) is 3.97. The SMILES string of the molecule is Oc1cc(F)cc(CNC2CCCCC2O)c1. The van der Waals surface area contributed by atoms with Crippen molar-refractivity contribution < 1.29 is 14.6 Å². The summed E-state index contributed by atoms with van der Waals surface area (Å²) in [6, 6.07) is 4.08.